The van der Waals surface area contributed by atoms with Crippen LogP contribution in [0.1, 0.15) is 30.1 Å². The Labute approximate surface area is 142 Å². The first-order valence-corrected chi connectivity index (χ1v) is 7.74. The predicted molar refractivity (Wildman–Crippen MR) is 92.8 cm³/mol. The summed E-state index contributed by atoms with van der Waals surface area (Å²) >= 11 is 0. The Balaban J connectivity index is 0.00000192. The number of likely N-dealkylation sites (tertiary alicyclic amines) is 1. The number of benzene rings is 1. The maximum Gasteiger partial charge on any atom is 0.250 e. The third kappa shape index (κ3) is 5.08. The second-order valence-corrected chi connectivity index (χ2v) is 5.45. The molecule has 124 valence electrons. The van der Waals surface area contributed by atoms with Crippen molar-refractivity contribution in [1.82, 2.24) is 15.0 Å². The lowest BCUT2D eigenvalue weighted by Crippen LogP contribution is -2.25. The van der Waals surface area contributed by atoms with Crippen LogP contribution in [0, 0.1) is 6.92 Å². The smallest absolute Gasteiger partial charge is 0.250 e. The lowest BCUT2D eigenvalue weighted by molar-refractivity contribution is 0.237. The van der Waals surface area contributed by atoms with Crippen molar-refractivity contribution >= 4 is 24.6 Å². The highest BCUT2D eigenvalue weighted by Crippen LogP contribution is 2.20. The van der Waals surface area contributed by atoms with E-state index in [1.165, 1.54) is 25.9 Å². The van der Waals surface area contributed by atoms with E-state index in [1.54, 1.807) is 6.92 Å². The highest BCUT2D eigenvalue weighted by molar-refractivity contribution is 5.85. The fraction of sp³-hybridized carbons (Fsp3) is 0.412. The van der Waals surface area contributed by atoms with Gasteiger partial charge in [0, 0.05) is 18.2 Å². The molecule has 0 N–H and O–H groups in total. The quantitative estimate of drug-likeness (QED) is 0.809. The van der Waals surface area contributed by atoms with Crippen molar-refractivity contribution < 1.29 is 9.26 Å². The molecule has 2 aromatic rings. The molecule has 0 bridgehead atoms. The van der Waals surface area contributed by atoms with Crippen molar-refractivity contribution in [1.29, 1.82) is 0 Å². The number of aromatic nitrogens is 2. The topological polar surface area (TPSA) is 51.4 Å². The van der Waals surface area contributed by atoms with Gasteiger partial charge in [-0.25, -0.2) is 0 Å². The highest BCUT2D eigenvalue weighted by atomic mass is 35.5. The fourth-order valence-corrected chi connectivity index (χ4v) is 2.58. The Morgan fingerprint density at radius 3 is 2.74 bits per heavy atom. The normalized spacial score (nSPS) is 15.0. The van der Waals surface area contributed by atoms with Gasteiger partial charge in [-0.2, -0.15) is 4.98 Å². The molecular weight excluding hydrogens is 314 g/mol. The number of rotatable bonds is 6. The van der Waals surface area contributed by atoms with Crippen LogP contribution < -0.4 is 4.74 Å². The zero-order chi connectivity index (χ0) is 15.2. The first-order valence-electron chi connectivity index (χ1n) is 7.74. The van der Waals surface area contributed by atoms with E-state index in [1.807, 2.05) is 36.4 Å². The molecule has 0 unspecified atom stereocenters. The molecule has 1 aromatic heterocycles. The van der Waals surface area contributed by atoms with Gasteiger partial charge in [0.2, 0.25) is 0 Å². The van der Waals surface area contributed by atoms with Crippen LogP contribution in [-0.4, -0.2) is 41.3 Å². The third-order valence-corrected chi connectivity index (χ3v) is 3.73. The number of aryl methyl sites for hydroxylation is 1. The number of ether oxygens (including phenoxy) is 1. The van der Waals surface area contributed by atoms with Gasteiger partial charge in [0.1, 0.15) is 12.4 Å². The van der Waals surface area contributed by atoms with E-state index in [4.69, 9.17) is 9.26 Å². The molecule has 6 heteroatoms. The molecule has 2 heterocycles. The van der Waals surface area contributed by atoms with Crippen LogP contribution in [0.2, 0.25) is 0 Å². The van der Waals surface area contributed by atoms with Gasteiger partial charge in [-0.3, -0.25) is 4.90 Å². The van der Waals surface area contributed by atoms with Crippen LogP contribution in [0.5, 0.6) is 5.75 Å². The Hall–Kier alpha value is -1.85. The lowest BCUT2D eigenvalue weighted by Gasteiger charge is -2.15. The summed E-state index contributed by atoms with van der Waals surface area (Å²) in [6.07, 6.45) is 6.37. The van der Waals surface area contributed by atoms with E-state index < -0.39 is 0 Å². The SMILES string of the molecule is Cc1noc(/C=C/c2ccccc2OCCN2CCCC2)n1.Cl. The van der Waals surface area contributed by atoms with Gasteiger partial charge in [0.05, 0.1) is 0 Å². The van der Waals surface area contributed by atoms with Gasteiger partial charge in [-0.15, -0.1) is 12.4 Å². The minimum atomic E-state index is 0. The number of nitrogens with zero attached hydrogens (tertiary/aromatic N) is 3. The van der Waals surface area contributed by atoms with Crippen LogP contribution in [-0.2, 0) is 0 Å². The van der Waals surface area contributed by atoms with E-state index >= 15 is 0 Å². The first kappa shape index (κ1) is 17.5. The van der Waals surface area contributed by atoms with Gasteiger partial charge in [0.25, 0.3) is 5.89 Å². The summed E-state index contributed by atoms with van der Waals surface area (Å²) in [5.74, 6) is 2.02. The zero-order valence-electron chi connectivity index (χ0n) is 13.3. The number of hydrogen-bond donors (Lipinski definition) is 0. The van der Waals surface area contributed by atoms with E-state index in [2.05, 4.69) is 15.0 Å². The molecule has 1 aliphatic rings. The third-order valence-electron chi connectivity index (χ3n) is 3.73. The van der Waals surface area contributed by atoms with E-state index in [0.717, 1.165) is 17.9 Å². The summed E-state index contributed by atoms with van der Waals surface area (Å²) in [6, 6.07) is 7.99. The van der Waals surface area contributed by atoms with Crippen LogP contribution in [0.3, 0.4) is 0 Å². The summed E-state index contributed by atoms with van der Waals surface area (Å²) in [5.41, 5.74) is 1.01. The van der Waals surface area contributed by atoms with Crippen molar-refractivity contribution in [3.05, 3.63) is 41.5 Å². The molecule has 0 amide bonds. The average molecular weight is 336 g/mol. The molecule has 1 aromatic carbocycles. The second-order valence-electron chi connectivity index (χ2n) is 5.45. The monoisotopic (exact) mass is 335 g/mol. The van der Waals surface area contributed by atoms with Crippen molar-refractivity contribution in [2.75, 3.05) is 26.2 Å². The second kappa shape index (κ2) is 8.70. The molecule has 1 saturated heterocycles. The van der Waals surface area contributed by atoms with Crippen molar-refractivity contribution in [3.63, 3.8) is 0 Å². The molecule has 0 aliphatic carbocycles. The van der Waals surface area contributed by atoms with Crippen LogP contribution >= 0.6 is 12.4 Å². The maximum atomic E-state index is 5.93. The fourth-order valence-electron chi connectivity index (χ4n) is 2.58. The van der Waals surface area contributed by atoms with Crippen LogP contribution in [0.15, 0.2) is 28.8 Å². The maximum absolute atomic E-state index is 5.93. The van der Waals surface area contributed by atoms with E-state index in [9.17, 15) is 0 Å². The van der Waals surface area contributed by atoms with Crippen molar-refractivity contribution in [2.45, 2.75) is 19.8 Å². The standard InChI is InChI=1S/C17H21N3O2.ClH/c1-14-18-17(22-19-14)9-8-15-6-2-3-7-16(15)21-13-12-20-10-4-5-11-20;/h2-3,6-9H,4-5,10-13H2,1H3;1H/b9-8+;. The minimum absolute atomic E-state index is 0. The Kier molecular flexibility index (Phi) is 6.62. The Morgan fingerprint density at radius 1 is 1.22 bits per heavy atom. The molecule has 1 aliphatic heterocycles. The Bertz CT molecular complexity index is 636. The van der Waals surface area contributed by atoms with Gasteiger partial charge in [-0.1, -0.05) is 23.4 Å². The molecule has 0 atom stereocenters. The molecule has 0 saturated carbocycles. The van der Waals surface area contributed by atoms with Gasteiger partial charge < -0.3 is 9.26 Å². The van der Waals surface area contributed by atoms with Crippen LogP contribution in [0.4, 0.5) is 0 Å². The minimum Gasteiger partial charge on any atom is -0.492 e. The molecule has 3 rings (SSSR count). The summed E-state index contributed by atoms with van der Waals surface area (Å²) in [7, 11) is 0. The Morgan fingerprint density at radius 2 is 2.00 bits per heavy atom. The molecule has 1 fully saturated rings. The molecular formula is C17H22ClN3O2. The van der Waals surface area contributed by atoms with Gasteiger partial charge in [0.15, 0.2) is 5.82 Å². The van der Waals surface area contributed by atoms with E-state index in [0.29, 0.717) is 18.3 Å². The highest BCUT2D eigenvalue weighted by Gasteiger charge is 2.11. The lowest BCUT2D eigenvalue weighted by atomic mass is 10.2. The van der Waals surface area contributed by atoms with Gasteiger partial charge >= 0.3 is 0 Å². The van der Waals surface area contributed by atoms with E-state index in [-0.39, 0.29) is 12.4 Å². The summed E-state index contributed by atoms with van der Waals surface area (Å²) in [6.45, 7) is 5.89. The number of halogens is 1. The molecule has 5 nitrogen and oxygen atoms in total. The zero-order valence-corrected chi connectivity index (χ0v) is 14.1. The molecule has 23 heavy (non-hydrogen) atoms. The summed E-state index contributed by atoms with van der Waals surface area (Å²) in [5, 5.41) is 3.77. The van der Waals surface area contributed by atoms with Crippen LogP contribution in [0.25, 0.3) is 12.2 Å². The summed E-state index contributed by atoms with van der Waals surface area (Å²) < 4.78 is 11.0. The average Bonchev–Trinajstić information content (AvgIpc) is 3.18. The van der Waals surface area contributed by atoms with Crippen molar-refractivity contribution in [2.24, 2.45) is 0 Å². The van der Waals surface area contributed by atoms with Gasteiger partial charge in [-0.05, 0) is 45.0 Å². The molecule has 0 radical (unpaired) electrons. The largest absolute Gasteiger partial charge is 0.492 e. The predicted octanol–water partition coefficient (Wildman–Crippen LogP) is 3.44. The first-order chi connectivity index (χ1) is 10.8. The number of para-hydroxylation sites is 1. The number of hydrogen-bond acceptors (Lipinski definition) is 5. The summed E-state index contributed by atoms with van der Waals surface area (Å²) in [4.78, 5) is 6.60. The van der Waals surface area contributed by atoms with Crippen molar-refractivity contribution in [3.8, 4) is 5.75 Å². The molecule has 0 spiro atoms.